The van der Waals surface area contributed by atoms with Gasteiger partial charge >= 0.3 is 5.97 Å². The molecule has 2 rings (SSSR count). The number of aryl methyl sites for hydroxylation is 1. The molecule has 0 bridgehead atoms. The van der Waals surface area contributed by atoms with Crippen molar-refractivity contribution in [3.05, 3.63) is 33.5 Å². The van der Waals surface area contributed by atoms with Crippen LogP contribution in [0.1, 0.15) is 36.8 Å². The monoisotopic (exact) mass is 300 g/mol. The lowest BCUT2D eigenvalue weighted by molar-refractivity contribution is -0.143. The van der Waals surface area contributed by atoms with Crippen molar-refractivity contribution in [3.63, 3.8) is 0 Å². The minimum atomic E-state index is -0.818. The Morgan fingerprint density at radius 3 is 2.47 bits per heavy atom. The van der Waals surface area contributed by atoms with E-state index in [1.165, 1.54) is 0 Å². The van der Waals surface area contributed by atoms with Crippen molar-refractivity contribution in [2.75, 3.05) is 0 Å². The molecule has 0 aromatic heterocycles. The average Bonchev–Trinajstić information content (AvgIpc) is 2.75. The molecular weight excluding hydrogens is 287 g/mol. The second kappa shape index (κ2) is 4.41. The third-order valence-electron chi connectivity index (χ3n) is 3.63. The first kappa shape index (κ1) is 12.6. The molecule has 1 N–H and O–H groups in total. The number of rotatable bonds is 2. The fourth-order valence-electron chi connectivity index (χ4n) is 2.61. The summed E-state index contributed by atoms with van der Waals surface area (Å²) in [5.74, 6) is -1.11. The Morgan fingerprint density at radius 2 is 2.00 bits per heavy atom. The Balaban J connectivity index is 2.55. The molecule has 0 radical (unpaired) electrons. The summed E-state index contributed by atoms with van der Waals surface area (Å²) in [5, 5.41) is 9.46. The molecule has 0 unspecified atom stereocenters. The summed E-state index contributed by atoms with van der Waals surface area (Å²) in [6, 6.07) is 3.28. The van der Waals surface area contributed by atoms with Crippen molar-refractivity contribution in [2.24, 2.45) is 0 Å². The van der Waals surface area contributed by atoms with E-state index in [1.54, 1.807) is 19.1 Å². The summed E-state index contributed by atoms with van der Waals surface area (Å²) in [5.41, 5.74) is 0.385. The largest absolute Gasteiger partial charge is 0.481 e. The summed E-state index contributed by atoms with van der Waals surface area (Å²) in [6.45, 7) is 1.66. The van der Waals surface area contributed by atoms with E-state index in [0.717, 1.165) is 12.8 Å². The van der Waals surface area contributed by atoms with Gasteiger partial charge in [0, 0.05) is 0 Å². The average molecular weight is 301 g/mol. The highest BCUT2D eigenvalue weighted by Crippen LogP contribution is 2.42. The quantitative estimate of drug-likeness (QED) is 0.902. The topological polar surface area (TPSA) is 37.3 Å². The van der Waals surface area contributed by atoms with Crippen LogP contribution in [0, 0.1) is 12.7 Å². The number of hydrogen-bond acceptors (Lipinski definition) is 1. The Labute approximate surface area is 108 Å². The standard InChI is InChI=1S/C13H14BrFO2/c1-8-6-9(7-10(14)11(8)15)13(12(16)17)4-2-3-5-13/h6-7H,2-5H2,1H3,(H,16,17). The molecule has 0 atom stereocenters. The molecule has 0 saturated heterocycles. The van der Waals surface area contributed by atoms with E-state index in [4.69, 9.17) is 0 Å². The van der Waals surface area contributed by atoms with E-state index in [2.05, 4.69) is 15.9 Å². The van der Waals surface area contributed by atoms with Crippen LogP contribution in [-0.2, 0) is 10.2 Å². The zero-order chi connectivity index (χ0) is 12.6. The van der Waals surface area contributed by atoms with Crippen molar-refractivity contribution in [3.8, 4) is 0 Å². The van der Waals surface area contributed by atoms with E-state index in [9.17, 15) is 14.3 Å². The van der Waals surface area contributed by atoms with Crippen LogP contribution < -0.4 is 0 Å². The molecular formula is C13H14BrFO2. The normalized spacial score (nSPS) is 18.3. The van der Waals surface area contributed by atoms with Gasteiger partial charge in [-0.1, -0.05) is 18.9 Å². The summed E-state index contributed by atoms with van der Waals surface area (Å²) in [7, 11) is 0. The van der Waals surface area contributed by atoms with Crippen LogP contribution in [0.2, 0.25) is 0 Å². The third-order valence-corrected chi connectivity index (χ3v) is 4.21. The molecule has 17 heavy (non-hydrogen) atoms. The Hall–Kier alpha value is -0.900. The van der Waals surface area contributed by atoms with Crippen LogP contribution in [0.5, 0.6) is 0 Å². The van der Waals surface area contributed by atoms with Crippen LogP contribution in [0.4, 0.5) is 4.39 Å². The molecule has 4 heteroatoms. The Bertz CT molecular complexity index is 441. The van der Waals surface area contributed by atoms with E-state index >= 15 is 0 Å². The summed E-state index contributed by atoms with van der Waals surface area (Å²) in [6.07, 6.45) is 3.11. The van der Waals surface area contributed by atoms with E-state index in [1.807, 2.05) is 0 Å². The predicted octanol–water partition coefficient (Wildman–Crippen LogP) is 3.79. The lowest BCUT2D eigenvalue weighted by Crippen LogP contribution is -2.32. The first-order chi connectivity index (χ1) is 7.97. The molecule has 1 aromatic rings. The minimum Gasteiger partial charge on any atom is -0.481 e. The van der Waals surface area contributed by atoms with Gasteiger partial charge in [0.05, 0.1) is 9.89 Å². The Kier molecular flexibility index (Phi) is 3.25. The molecule has 92 valence electrons. The van der Waals surface area contributed by atoms with Crippen molar-refractivity contribution >= 4 is 21.9 Å². The minimum absolute atomic E-state index is 0.313. The van der Waals surface area contributed by atoms with Crippen LogP contribution in [0.15, 0.2) is 16.6 Å². The number of carboxylic acid groups (broad SMARTS) is 1. The molecule has 2 nitrogen and oxygen atoms in total. The number of aliphatic carboxylic acids is 1. The van der Waals surface area contributed by atoms with Crippen LogP contribution in [-0.4, -0.2) is 11.1 Å². The maximum atomic E-state index is 13.5. The molecule has 1 fully saturated rings. The molecule has 1 aliphatic rings. The maximum absolute atomic E-state index is 13.5. The second-order valence-corrected chi connectivity index (χ2v) is 5.54. The number of benzene rings is 1. The lowest BCUT2D eigenvalue weighted by atomic mass is 9.78. The van der Waals surface area contributed by atoms with E-state index < -0.39 is 11.4 Å². The van der Waals surface area contributed by atoms with Crippen molar-refractivity contribution in [2.45, 2.75) is 38.0 Å². The van der Waals surface area contributed by atoms with Gasteiger partial charge in [-0.2, -0.15) is 0 Å². The fourth-order valence-corrected chi connectivity index (χ4v) is 3.17. The Morgan fingerprint density at radius 1 is 1.41 bits per heavy atom. The highest BCUT2D eigenvalue weighted by molar-refractivity contribution is 9.10. The van der Waals surface area contributed by atoms with Gasteiger partial charge in [0.15, 0.2) is 0 Å². The van der Waals surface area contributed by atoms with Gasteiger partial charge in [-0.25, -0.2) is 4.39 Å². The third kappa shape index (κ3) is 1.99. The van der Waals surface area contributed by atoms with Crippen molar-refractivity contribution in [1.82, 2.24) is 0 Å². The highest BCUT2D eigenvalue weighted by atomic mass is 79.9. The number of carbonyl (C=O) groups is 1. The molecule has 0 amide bonds. The summed E-state index contributed by atoms with van der Waals surface area (Å²) >= 11 is 3.15. The number of hydrogen-bond donors (Lipinski definition) is 1. The molecule has 0 aliphatic heterocycles. The predicted molar refractivity (Wildman–Crippen MR) is 66.6 cm³/mol. The van der Waals surface area contributed by atoms with Gasteiger partial charge in [0.1, 0.15) is 5.82 Å². The first-order valence-corrected chi connectivity index (χ1v) is 6.46. The van der Waals surface area contributed by atoms with Crippen molar-refractivity contribution < 1.29 is 14.3 Å². The number of halogens is 2. The first-order valence-electron chi connectivity index (χ1n) is 5.67. The van der Waals surface area contributed by atoms with Crippen molar-refractivity contribution in [1.29, 1.82) is 0 Å². The molecule has 0 heterocycles. The second-order valence-electron chi connectivity index (χ2n) is 4.68. The smallest absolute Gasteiger partial charge is 0.314 e. The van der Waals surface area contributed by atoms with Gasteiger partial charge < -0.3 is 5.11 Å². The lowest BCUT2D eigenvalue weighted by Gasteiger charge is -2.25. The molecule has 0 spiro atoms. The van der Waals surface area contributed by atoms with Gasteiger partial charge in [-0.05, 0) is 52.9 Å². The summed E-state index contributed by atoms with van der Waals surface area (Å²) < 4.78 is 13.9. The SMILES string of the molecule is Cc1cc(C2(C(=O)O)CCCC2)cc(Br)c1F. The zero-order valence-corrected chi connectivity index (χ0v) is 11.2. The molecule has 1 saturated carbocycles. The summed E-state index contributed by atoms with van der Waals surface area (Å²) in [4.78, 5) is 11.5. The van der Waals surface area contributed by atoms with E-state index in [0.29, 0.717) is 28.4 Å². The van der Waals surface area contributed by atoms with Gasteiger partial charge in [-0.3, -0.25) is 4.79 Å². The van der Waals surface area contributed by atoms with Gasteiger partial charge in [0.2, 0.25) is 0 Å². The van der Waals surface area contributed by atoms with E-state index in [-0.39, 0.29) is 5.82 Å². The highest BCUT2D eigenvalue weighted by Gasteiger charge is 2.43. The van der Waals surface area contributed by atoms with Crippen LogP contribution in [0.25, 0.3) is 0 Å². The van der Waals surface area contributed by atoms with Gasteiger partial charge in [0.25, 0.3) is 0 Å². The fraction of sp³-hybridized carbons (Fsp3) is 0.462. The van der Waals surface area contributed by atoms with Crippen LogP contribution in [0.3, 0.4) is 0 Å². The zero-order valence-electron chi connectivity index (χ0n) is 9.59. The molecule has 1 aliphatic carbocycles. The van der Waals surface area contributed by atoms with Crippen LogP contribution >= 0.6 is 15.9 Å². The molecule has 1 aromatic carbocycles. The number of carboxylic acids is 1. The van der Waals surface area contributed by atoms with Gasteiger partial charge in [-0.15, -0.1) is 0 Å². The maximum Gasteiger partial charge on any atom is 0.314 e.